The molecule has 0 spiro atoms. The monoisotopic (exact) mass is 306 g/mol. The number of carbonyl (C=O) groups excluding carboxylic acids is 2. The Kier molecular flexibility index (Phi) is 5.98. The summed E-state index contributed by atoms with van der Waals surface area (Å²) < 4.78 is 9.82. The highest BCUT2D eigenvalue weighted by Gasteiger charge is 2.15. The van der Waals surface area contributed by atoms with Crippen LogP contribution in [0.2, 0.25) is 0 Å². The first-order valence-electron chi connectivity index (χ1n) is 6.84. The molecule has 22 heavy (non-hydrogen) atoms. The maximum Gasteiger partial charge on any atom is 0.407 e. The molecule has 3 N–H and O–H groups in total. The third kappa shape index (κ3) is 5.87. The van der Waals surface area contributed by atoms with Gasteiger partial charge in [-0.2, -0.15) is 0 Å². The summed E-state index contributed by atoms with van der Waals surface area (Å²) in [6, 6.07) is 4.95. The van der Waals surface area contributed by atoms with Crippen molar-refractivity contribution in [1.29, 1.82) is 0 Å². The van der Waals surface area contributed by atoms with E-state index in [1.54, 1.807) is 51.1 Å². The third-order valence-electron chi connectivity index (χ3n) is 2.54. The summed E-state index contributed by atoms with van der Waals surface area (Å²) in [7, 11) is 1.31. The van der Waals surface area contributed by atoms with Crippen molar-refractivity contribution in [3.8, 4) is 0 Å². The average molecular weight is 306 g/mol. The number of rotatable bonds is 4. The smallest absolute Gasteiger partial charge is 0.407 e. The van der Waals surface area contributed by atoms with Crippen LogP contribution in [-0.4, -0.2) is 31.3 Å². The van der Waals surface area contributed by atoms with E-state index in [1.807, 2.05) is 0 Å². The first-order valence-corrected chi connectivity index (χ1v) is 6.84. The molecular formula is C16H22N2O4. The van der Waals surface area contributed by atoms with Crippen molar-refractivity contribution in [2.75, 3.05) is 19.4 Å². The minimum Gasteiger partial charge on any atom is -0.465 e. The van der Waals surface area contributed by atoms with Gasteiger partial charge in [-0.3, -0.25) is 0 Å². The van der Waals surface area contributed by atoms with Gasteiger partial charge in [-0.1, -0.05) is 18.2 Å². The zero-order valence-corrected chi connectivity index (χ0v) is 13.3. The van der Waals surface area contributed by atoms with Gasteiger partial charge in [0.1, 0.15) is 5.60 Å². The Morgan fingerprint density at radius 2 is 2.00 bits per heavy atom. The number of alkyl carbamates (subject to hydrolysis) is 1. The number of methoxy groups -OCH3 is 1. The van der Waals surface area contributed by atoms with Gasteiger partial charge in [-0.25, -0.2) is 9.59 Å². The second kappa shape index (κ2) is 7.49. The van der Waals surface area contributed by atoms with Crippen molar-refractivity contribution >= 4 is 23.8 Å². The molecule has 0 fully saturated rings. The standard InChI is InChI=1S/C16H22N2O4/c1-16(2,3)22-15(20)18-9-5-6-11-7-8-12(17)10-13(11)14(19)21-4/h5-8,10H,9,17H2,1-4H3,(H,18,20). The number of esters is 1. The minimum absolute atomic E-state index is 0.278. The van der Waals surface area contributed by atoms with E-state index in [9.17, 15) is 9.59 Å². The molecular weight excluding hydrogens is 284 g/mol. The van der Waals surface area contributed by atoms with Gasteiger partial charge in [0, 0.05) is 12.2 Å². The molecule has 0 saturated heterocycles. The average Bonchev–Trinajstić information content (AvgIpc) is 2.42. The number of nitrogens with two attached hydrogens (primary N) is 1. The van der Waals surface area contributed by atoms with Crippen molar-refractivity contribution < 1.29 is 19.1 Å². The molecule has 120 valence electrons. The maximum atomic E-state index is 11.7. The van der Waals surface area contributed by atoms with E-state index in [2.05, 4.69) is 5.32 Å². The summed E-state index contributed by atoms with van der Waals surface area (Å²) >= 11 is 0. The first kappa shape index (κ1) is 17.6. The highest BCUT2D eigenvalue weighted by atomic mass is 16.6. The number of ether oxygens (including phenoxy) is 2. The van der Waals surface area contributed by atoms with Crippen LogP contribution in [0.1, 0.15) is 36.7 Å². The first-order chi connectivity index (χ1) is 10.2. The Morgan fingerprint density at radius 1 is 1.32 bits per heavy atom. The van der Waals surface area contributed by atoms with E-state index in [4.69, 9.17) is 15.2 Å². The SMILES string of the molecule is COC(=O)c1cc(N)ccc1C=CCNC(=O)OC(C)(C)C. The number of anilines is 1. The predicted molar refractivity (Wildman–Crippen MR) is 85.5 cm³/mol. The molecule has 0 unspecified atom stereocenters. The van der Waals surface area contributed by atoms with E-state index in [-0.39, 0.29) is 6.54 Å². The zero-order chi connectivity index (χ0) is 16.8. The van der Waals surface area contributed by atoms with E-state index >= 15 is 0 Å². The Hall–Kier alpha value is -2.50. The summed E-state index contributed by atoms with van der Waals surface area (Å²) in [6.07, 6.45) is 2.92. The van der Waals surface area contributed by atoms with E-state index in [1.165, 1.54) is 7.11 Å². The number of nitrogen functional groups attached to an aromatic ring is 1. The topological polar surface area (TPSA) is 90.6 Å². The van der Waals surface area contributed by atoms with Crippen molar-refractivity contribution in [1.82, 2.24) is 5.32 Å². The lowest BCUT2D eigenvalue weighted by Gasteiger charge is -2.19. The van der Waals surface area contributed by atoms with Crippen LogP contribution in [0.5, 0.6) is 0 Å². The number of nitrogens with one attached hydrogen (secondary N) is 1. The van der Waals surface area contributed by atoms with E-state index in [0.29, 0.717) is 16.8 Å². The van der Waals surface area contributed by atoms with Gasteiger partial charge in [0.25, 0.3) is 0 Å². The van der Waals surface area contributed by atoms with Crippen LogP contribution in [0, 0.1) is 0 Å². The van der Waals surface area contributed by atoms with Gasteiger partial charge < -0.3 is 20.5 Å². The van der Waals surface area contributed by atoms with Gasteiger partial charge in [0.05, 0.1) is 12.7 Å². The summed E-state index contributed by atoms with van der Waals surface area (Å²) in [5, 5.41) is 2.59. The lowest BCUT2D eigenvalue weighted by atomic mass is 10.1. The maximum absolute atomic E-state index is 11.7. The lowest BCUT2D eigenvalue weighted by molar-refractivity contribution is 0.0532. The highest BCUT2D eigenvalue weighted by Crippen LogP contribution is 2.16. The van der Waals surface area contributed by atoms with Gasteiger partial charge in [-0.05, 0) is 38.5 Å². The molecule has 1 rings (SSSR count). The second-order valence-corrected chi connectivity index (χ2v) is 5.62. The molecule has 0 atom stereocenters. The van der Waals surface area contributed by atoms with Crippen LogP contribution in [-0.2, 0) is 9.47 Å². The van der Waals surface area contributed by atoms with Gasteiger partial charge in [-0.15, -0.1) is 0 Å². The molecule has 0 aliphatic heterocycles. The van der Waals surface area contributed by atoms with Crippen LogP contribution >= 0.6 is 0 Å². The molecule has 6 nitrogen and oxygen atoms in total. The Morgan fingerprint density at radius 3 is 2.59 bits per heavy atom. The fourth-order valence-electron chi connectivity index (χ4n) is 1.65. The molecule has 0 aromatic heterocycles. The molecule has 0 aliphatic rings. The normalized spacial score (nSPS) is 11.3. The zero-order valence-electron chi connectivity index (χ0n) is 13.3. The molecule has 1 aromatic carbocycles. The molecule has 1 amide bonds. The predicted octanol–water partition coefficient (Wildman–Crippen LogP) is 2.59. The van der Waals surface area contributed by atoms with Crippen molar-refractivity contribution in [3.63, 3.8) is 0 Å². The lowest BCUT2D eigenvalue weighted by Crippen LogP contribution is -2.32. The van der Waals surface area contributed by atoms with Gasteiger partial charge in [0.15, 0.2) is 0 Å². The van der Waals surface area contributed by atoms with Crippen molar-refractivity contribution in [2.24, 2.45) is 0 Å². The number of benzene rings is 1. The second-order valence-electron chi connectivity index (χ2n) is 5.62. The molecule has 0 radical (unpaired) electrons. The number of hydrogen-bond acceptors (Lipinski definition) is 5. The van der Waals surface area contributed by atoms with Crippen molar-refractivity contribution in [3.05, 3.63) is 35.4 Å². The quantitative estimate of drug-likeness (QED) is 0.659. The van der Waals surface area contributed by atoms with E-state index in [0.717, 1.165) is 0 Å². The molecule has 1 aromatic rings. The third-order valence-corrected chi connectivity index (χ3v) is 2.54. The van der Waals surface area contributed by atoms with Crippen LogP contribution < -0.4 is 11.1 Å². The Bertz CT molecular complexity index is 574. The summed E-state index contributed by atoms with van der Waals surface area (Å²) in [5.74, 6) is -0.466. The summed E-state index contributed by atoms with van der Waals surface area (Å²) in [4.78, 5) is 23.2. The number of hydrogen-bond donors (Lipinski definition) is 2. The minimum atomic E-state index is -0.539. The highest BCUT2D eigenvalue weighted by molar-refractivity contribution is 5.94. The van der Waals surface area contributed by atoms with E-state index < -0.39 is 17.7 Å². The van der Waals surface area contributed by atoms with Gasteiger partial charge >= 0.3 is 12.1 Å². The Balaban J connectivity index is 2.67. The molecule has 0 heterocycles. The largest absolute Gasteiger partial charge is 0.465 e. The van der Waals surface area contributed by atoms with Crippen LogP contribution in [0.4, 0.5) is 10.5 Å². The molecule has 0 aliphatic carbocycles. The fraction of sp³-hybridized carbons (Fsp3) is 0.375. The Labute approximate surface area is 130 Å². The molecule has 0 bridgehead atoms. The molecule has 6 heteroatoms. The van der Waals surface area contributed by atoms with Crippen LogP contribution in [0.25, 0.3) is 6.08 Å². The number of carbonyl (C=O) groups is 2. The fourth-order valence-corrected chi connectivity index (χ4v) is 1.65. The van der Waals surface area contributed by atoms with Crippen LogP contribution in [0.3, 0.4) is 0 Å². The molecule has 0 saturated carbocycles. The summed E-state index contributed by atoms with van der Waals surface area (Å²) in [5.41, 5.74) is 6.64. The van der Waals surface area contributed by atoms with Gasteiger partial charge in [0.2, 0.25) is 0 Å². The van der Waals surface area contributed by atoms with Crippen molar-refractivity contribution in [2.45, 2.75) is 26.4 Å². The summed E-state index contributed by atoms with van der Waals surface area (Å²) in [6.45, 7) is 5.65. The van der Waals surface area contributed by atoms with Crippen LogP contribution in [0.15, 0.2) is 24.3 Å². The number of amides is 1.